The molecule has 2 N–H and O–H groups in total. The van der Waals surface area contributed by atoms with Gasteiger partial charge in [0.1, 0.15) is 0 Å². The number of nitrogens with zero attached hydrogens (tertiary/aromatic N) is 5. The molecule has 1 atom stereocenters. The standard InChI is InChI=1S/C35H43Br2FN6O5/c36-28-18-23(19-29(37)33(28)38)17-25(34(48)43-11-5-26(6-12-43)41-15-13-40(14-16-41)22-32(46)47)20-31(45)42-9-7-27(8-10-42)44-21-24-3-1-2-4-30(24)39-35(44)49/h1-4,18-19,25-27H,5-17,20-22H2,(H,39,49)(H,46,47)/t25-/m1/s1. The van der Waals surface area contributed by atoms with Crippen LogP contribution in [0.3, 0.4) is 0 Å². The lowest BCUT2D eigenvalue weighted by molar-refractivity contribution is -0.143. The Morgan fingerprint density at radius 2 is 1.49 bits per heavy atom. The maximum atomic E-state index is 14.4. The number of hydrogen-bond donors (Lipinski definition) is 2. The summed E-state index contributed by atoms with van der Waals surface area (Å²) in [6, 6.07) is 11.4. The van der Waals surface area contributed by atoms with Crippen LogP contribution in [-0.2, 0) is 27.3 Å². The molecule has 49 heavy (non-hydrogen) atoms. The molecule has 0 aromatic heterocycles. The molecular weight excluding hydrogens is 763 g/mol. The van der Waals surface area contributed by atoms with Crippen molar-refractivity contribution in [3.05, 3.63) is 62.3 Å². The molecule has 2 aromatic rings. The van der Waals surface area contributed by atoms with Gasteiger partial charge in [0.05, 0.1) is 21.4 Å². The monoisotopic (exact) mass is 804 g/mol. The van der Waals surface area contributed by atoms with Crippen molar-refractivity contribution in [2.75, 3.05) is 64.2 Å². The molecular formula is C35H43Br2FN6O5. The highest BCUT2D eigenvalue weighted by Gasteiger charge is 2.36. The highest BCUT2D eigenvalue weighted by Crippen LogP contribution is 2.31. The zero-order valence-corrected chi connectivity index (χ0v) is 30.6. The van der Waals surface area contributed by atoms with Crippen molar-refractivity contribution in [3.8, 4) is 0 Å². The lowest BCUT2D eigenvalue weighted by Gasteiger charge is -2.43. The summed E-state index contributed by atoms with van der Waals surface area (Å²) in [6.45, 7) is 5.85. The number of carbonyl (C=O) groups is 4. The van der Waals surface area contributed by atoms with Crippen LogP contribution in [0.2, 0.25) is 0 Å². The van der Waals surface area contributed by atoms with E-state index in [9.17, 15) is 23.6 Å². The molecule has 4 aliphatic rings. The van der Waals surface area contributed by atoms with Crippen LogP contribution in [-0.4, -0.2) is 124 Å². The number of nitrogens with one attached hydrogen (secondary N) is 1. The van der Waals surface area contributed by atoms with E-state index in [1.54, 1.807) is 12.1 Å². The molecule has 3 fully saturated rings. The Balaban J connectivity index is 1.07. The number of fused-ring (bicyclic) bond motifs is 1. The SMILES string of the molecule is O=C(O)CN1CCN(C2CCN(C(=O)[C@@H](CC(=O)N3CCC(N4Cc5ccccc5NC4=O)CC3)Cc3cc(Br)c(F)c(Br)c3)CC2)CC1. The minimum absolute atomic E-state index is 0.0187. The number of carbonyl (C=O) groups excluding carboxylic acids is 3. The maximum Gasteiger partial charge on any atom is 0.322 e. The van der Waals surface area contributed by atoms with Gasteiger partial charge < -0.3 is 25.1 Å². The van der Waals surface area contributed by atoms with Crippen molar-refractivity contribution >= 4 is 61.4 Å². The van der Waals surface area contributed by atoms with Crippen LogP contribution < -0.4 is 5.32 Å². The zero-order valence-electron chi connectivity index (χ0n) is 27.5. The van der Waals surface area contributed by atoms with E-state index < -0.39 is 17.7 Å². The van der Waals surface area contributed by atoms with Gasteiger partial charge in [-0.1, -0.05) is 18.2 Å². The first-order valence-corrected chi connectivity index (χ1v) is 18.7. The number of anilines is 1. The number of rotatable bonds is 9. The van der Waals surface area contributed by atoms with Crippen molar-refractivity contribution in [2.45, 2.75) is 57.2 Å². The fraction of sp³-hybridized carbons (Fsp3) is 0.543. The predicted octanol–water partition coefficient (Wildman–Crippen LogP) is 4.63. The van der Waals surface area contributed by atoms with Crippen LogP contribution >= 0.6 is 31.9 Å². The number of piperidine rings is 2. The molecule has 264 valence electrons. The van der Waals surface area contributed by atoms with Gasteiger partial charge >= 0.3 is 12.0 Å². The highest BCUT2D eigenvalue weighted by molar-refractivity contribution is 9.11. The third-order valence-corrected chi connectivity index (χ3v) is 11.6. The molecule has 6 rings (SSSR count). The summed E-state index contributed by atoms with van der Waals surface area (Å²) in [6.07, 6.45) is 3.32. The zero-order chi connectivity index (χ0) is 34.7. The summed E-state index contributed by atoms with van der Waals surface area (Å²) in [4.78, 5) is 61.8. The fourth-order valence-electron chi connectivity index (χ4n) is 7.73. The molecule has 3 saturated heterocycles. The first-order chi connectivity index (χ1) is 23.5. The molecule has 4 heterocycles. The summed E-state index contributed by atoms with van der Waals surface area (Å²) >= 11 is 6.56. The lowest BCUT2D eigenvalue weighted by Crippen LogP contribution is -2.55. The molecule has 4 amide bonds. The number of para-hydroxylation sites is 1. The van der Waals surface area contributed by atoms with Crippen LogP contribution in [0.1, 0.15) is 43.2 Å². The topological polar surface area (TPSA) is 117 Å². The second-order valence-corrected chi connectivity index (χ2v) is 15.3. The number of hydrogen-bond acceptors (Lipinski definition) is 6. The van der Waals surface area contributed by atoms with Crippen LogP contribution in [0.4, 0.5) is 14.9 Å². The van der Waals surface area contributed by atoms with Gasteiger partial charge in [0, 0.05) is 83.1 Å². The summed E-state index contributed by atoms with van der Waals surface area (Å²) in [5, 5.41) is 12.1. The van der Waals surface area contributed by atoms with Crippen molar-refractivity contribution in [1.29, 1.82) is 0 Å². The third kappa shape index (κ3) is 8.63. The Morgan fingerprint density at radius 1 is 0.878 bits per heavy atom. The van der Waals surface area contributed by atoms with Gasteiger partial charge in [0.25, 0.3) is 0 Å². The number of halogens is 3. The number of carboxylic acids is 1. The average Bonchev–Trinajstić information content (AvgIpc) is 3.10. The van der Waals surface area contributed by atoms with Crippen molar-refractivity contribution in [1.82, 2.24) is 24.5 Å². The molecule has 0 saturated carbocycles. The average molecular weight is 807 g/mol. The third-order valence-electron chi connectivity index (χ3n) is 10.5. The van der Waals surface area contributed by atoms with Crippen LogP contribution in [0, 0.1) is 11.7 Å². The Hall–Kier alpha value is -3.07. The number of benzene rings is 2. The molecule has 11 nitrogen and oxygen atoms in total. The van der Waals surface area contributed by atoms with Gasteiger partial charge in [-0.15, -0.1) is 0 Å². The molecule has 2 aromatic carbocycles. The maximum absolute atomic E-state index is 14.4. The van der Waals surface area contributed by atoms with Crippen LogP contribution in [0.15, 0.2) is 45.3 Å². The number of urea groups is 1. The van der Waals surface area contributed by atoms with E-state index in [0.29, 0.717) is 67.0 Å². The largest absolute Gasteiger partial charge is 0.480 e. The van der Waals surface area contributed by atoms with E-state index in [-0.39, 0.29) is 36.9 Å². The van der Waals surface area contributed by atoms with Gasteiger partial charge in [-0.3, -0.25) is 24.2 Å². The van der Waals surface area contributed by atoms with E-state index in [1.165, 1.54) is 0 Å². The smallest absolute Gasteiger partial charge is 0.322 e. The molecule has 0 spiro atoms. The minimum Gasteiger partial charge on any atom is -0.480 e. The summed E-state index contributed by atoms with van der Waals surface area (Å²) < 4.78 is 15.0. The van der Waals surface area contributed by atoms with E-state index in [0.717, 1.165) is 55.8 Å². The van der Waals surface area contributed by atoms with E-state index in [4.69, 9.17) is 5.11 Å². The van der Waals surface area contributed by atoms with Gasteiger partial charge in [0.2, 0.25) is 11.8 Å². The van der Waals surface area contributed by atoms with Crippen molar-refractivity contribution in [2.24, 2.45) is 5.92 Å². The number of amides is 4. The molecule has 0 aliphatic carbocycles. The summed E-state index contributed by atoms with van der Waals surface area (Å²) in [5.41, 5.74) is 2.67. The van der Waals surface area contributed by atoms with Gasteiger partial charge in [-0.05, 0) is 93.3 Å². The first kappa shape index (κ1) is 35.7. The fourth-order valence-corrected chi connectivity index (χ4v) is 9.01. The van der Waals surface area contributed by atoms with E-state index >= 15 is 0 Å². The molecule has 0 radical (unpaired) electrons. The summed E-state index contributed by atoms with van der Waals surface area (Å²) in [5.74, 6) is -1.97. The Bertz CT molecular complexity index is 1530. The molecule has 14 heteroatoms. The van der Waals surface area contributed by atoms with Crippen molar-refractivity contribution < 1.29 is 28.7 Å². The number of aliphatic carboxylic acids is 1. The quantitative estimate of drug-likeness (QED) is 0.356. The number of carboxylic acid groups (broad SMARTS) is 1. The Kier molecular flexibility index (Phi) is 11.6. The number of likely N-dealkylation sites (tertiary alicyclic amines) is 2. The van der Waals surface area contributed by atoms with E-state index in [2.05, 4.69) is 42.1 Å². The highest BCUT2D eigenvalue weighted by atomic mass is 79.9. The summed E-state index contributed by atoms with van der Waals surface area (Å²) in [7, 11) is 0. The molecule has 0 bridgehead atoms. The van der Waals surface area contributed by atoms with Gasteiger partial charge in [-0.25, -0.2) is 9.18 Å². The minimum atomic E-state index is -0.809. The second kappa shape index (κ2) is 15.9. The molecule has 4 aliphatic heterocycles. The predicted molar refractivity (Wildman–Crippen MR) is 189 cm³/mol. The van der Waals surface area contributed by atoms with Crippen LogP contribution in [0.5, 0.6) is 0 Å². The normalized spacial score (nSPS) is 20.6. The van der Waals surface area contributed by atoms with Crippen molar-refractivity contribution in [3.63, 3.8) is 0 Å². The van der Waals surface area contributed by atoms with Crippen LogP contribution in [0.25, 0.3) is 0 Å². The first-order valence-electron chi connectivity index (χ1n) is 17.1. The van der Waals surface area contributed by atoms with Gasteiger partial charge in [-0.2, -0.15) is 0 Å². The van der Waals surface area contributed by atoms with E-state index in [1.807, 2.05) is 43.9 Å². The Morgan fingerprint density at radius 3 is 2.14 bits per heavy atom. The van der Waals surface area contributed by atoms with Gasteiger partial charge in [0.15, 0.2) is 5.82 Å². The molecule has 0 unspecified atom stereocenters. The Labute approximate surface area is 303 Å². The second-order valence-electron chi connectivity index (χ2n) is 13.6. The number of piperazine rings is 1. The lowest BCUT2D eigenvalue weighted by atomic mass is 9.92.